The van der Waals surface area contributed by atoms with E-state index in [1.165, 1.54) is 34.9 Å². The molecule has 0 unspecified atom stereocenters. The molecule has 0 amide bonds. The Kier molecular flexibility index (Phi) is 8.59. The van der Waals surface area contributed by atoms with Crippen LogP contribution in [0, 0.1) is 21.6 Å². The Balaban J connectivity index is 1.97. The second-order valence-electron chi connectivity index (χ2n) is 10.9. The first-order valence-electron chi connectivity index (χ1n) is 13.6. The van der Waals surface area contributed by atoms with Crippen molar-refractivity contribution < 1.29 is 9.66 Å². The number of benzene rings is 2. The van der Waals surface area contributed by atoms with Crippen molar-refractivity contribution in [2.75, 3.05) is 12.4 Å². The van der Waals surface area contributed by atoms with Crippen LogP contribution < -0.4 is 15.6 Å². The van der Waals surface area contributed by atoms with E-state index >= 15 is 0 Å². The molecule has 0 saturated heterocycles. The largest absolute Gasteiger partial charge is 0.495 e. The first-order chi connectivity index (χ1) is 19.5. The fraction of sp³-hybridized carbons (Fsp3) is 0.323. The summed E-state index contributed by atoms with van der Waals surface area (Å²) < 4.78 is 6.87. The highest BCUT2D eigenvalue weighted by Gasteiger charge is 2.41. The molecule has 4 rings (SSSR count). The molecule has 0 radical (unpaired) electrons. The highest BCUT2D eigenvalue weighted by atomic mass is 28.3. The van der Waals surface area contributed by atoms with Gasteiger partial charge in [0.05, 0.1) is 28.8 Å². The number of nitrogens with one attached hydrogen (secondary N) is 1. The monoisotopic (exact) mass is 569 g/mol. The van der Waals surface area contributed by atoms with Gasteiger partial charge in [-0.2, -0.15) is 4.98 Å². The third-order valence-corrected chi connectivity index (χ3v) is 14.0. The van der Waals surface area contributed by atoms with Gasteiger partial charge in [-0.1, -0.05) is 59.6 Å². The number of anilines is 2. The molecule has 41 heavy (non-hydrogen) atoms. The Labute approximate surface area is 240 Å². The number of rotatable bonds is 8. The van der Waals surface area contributed by atoms with Crippen molar-refractivity contribution in [2.24, 2.45) is 0 Å². The number of hydrogen-bond donors (Lipinski definition) is 1. The third-order valence-electron chi connectivity index (χ3n) is 7.71. The Hall–Kier alpha value is -4.49. The molecule has 0 bridgehead atoms. The molecule has 10 heteroatoms. The van der Waals surface area contributed by atoms with Crippen molar-refractivity contribution in [3.63, 3.8) is 0 Å². The maximum absolute atomic E-state index is 13.6. The van der Waals surface area contributed by atoms with E-state index in [4.69, 9.17) is 9.72 Å². The van der Waals surface area contributed by atoms with Crippen LogP contribution in [0.5, 0.6) is 5.75 Å². The van der Waals surface area contributed by atoms with Gasteiger partial charge in [-0.15, -0.1) is 5.54 Å². The maximum atomic E-state index is 13.6. The van der Waals surface area contributed by atoms with Crippen LogP contribution in [0.25, 0.3) is 16.7 Å². The summed E-state index contributed by atoms with van der Waals surface area (Å²) in [5, 5.41) is 15.0. The van der Waals surface area contributed by atoms with Gasteiger partial charge in [-0.05, 0) is 40.9 Å². The summed E-state index contributed by atoms with van der Waals surface area (Å²) in [5.74, 6) is 4.27. The molecule has 0 spiro atoms. The summed E-state index contributed by atoms with van der Waals surface area (Å²) in [7, 11) is -0.506. The average Bonchev–Trinajstić information content (AvgIpc) is 2.93. The molecular formula is C31H35N5O4Si. The minimum atomic E-state index is -2.08. The first-order valence-corrected chi connectivity index (χ1v) is 15.8. The highest BCUT2D eigenvalue weighted by molar-refractivity contribution is 6.90. The van der Waals surface area contributed by atoms with Crippen molar-refractivity contribution in [3.05, 3.63) is 86.8 Å². The number of pyridine rings is 1. The molecule has 2 aromatic heterocycles. The van der Waals surface area contributed by atoms with Crippen LogP contribution in [0.3, 0.4) is 0 Å². The van der Waals surface area contributed by atoms with E-state index in [0.717, 1.165) is 0 Å². The maximum Gasteiger partial charge on any atom is 0.269 e. The minimum absolute atomic E-state index is 0.0703. The van der Waals surface area contributed by atoms with E-state index in [1.807, 2.05) is 24.3 Å². The van der Waals surface area contributed by atoms with Gasteiger partial charge >= 0.3 is 0 Å². The topological polar surface area (TPSA) is 112 Å². The molecule has 0 saturated carbocycles. The summed E-state index contributed by atoms with van der Waals surface area (Å²) in [6.07, 6.45) is 1.66. The van der Waals surface area contributed by atoms with Gasteiger partial charge in [0.2, 0.25) is 5.95 Å². The number of nitro groups is 1. The van der Waals surface area contributed by atoms with Gasteiger partial charge in [-0.25, -0.2) is 4.98 Å². The van der Waals surface area contributed by atoms with Crippen LogP contribution in [-0.4, -0.2) is 34.6 Å². The van der Waals surface area contributed by atoms with Crippen LogP contribution in [0.15, 0.2) is 65.6 Å². The van der Waals surface area contributed by atoms with E-state index in [-0.39, 0.29) is 17.2 Å². The Morgan fingerprint density at radius 3 is 2.22 bits per heavy atom. The number of para-hydroxylation sites is 2. The summed E-state index contributed by atoms with van der Waals surface area (Å²) in [5.41, 5.74) is 6.57. The lowest BCUT2D eigenvalue weighted by atomic mass is 10.1. The SMILES string of the molecule is COc1ccccc1Nc1ncc2c(C#C[Si](C(C)C)(C(C)C)C(C)C)cc(=O)n(-c3ccc([N+](=O)[O-])cc3)c2n1. The normalized spacial score (nSPS) is 11.6. The zero-order chi connectivity index (χ0) is 29.9. The molecule has 212 valence electrons. The number of fused-ring (bicyclic) bond motifs is 1. The zero-order valence-electron chi connectivity index (χ0n) is 24.4. The molecule has 0 aliphatic heterocycles. The summed E-state index contributed by atoms with van der Waals surface area (Å²) in [4.78, 5) is 33.7. The van der Waals surface area contributed by atoms with Crippen LogP contribution >= 0.6 is 0 Å². The molecule has 1 N–H and O–H groups in total. The van der Waals surface area contributed by atoms with Gasteiger partial charge < -0.3 is 10.1 Å². The number of non-ortho nitro benzene ring substituents is 1. The number of nitro benzene ring substituents is 1. The lowest BCUT2D eigenvalue weighted by Gasteiger charge is -2.38. The molecule has 9 nitrogen and oxygen atoms in total. The van der Waals surface area contributed by atoms with Crippen LogP contribution in [0.1, 0.15) is 47.1 Å². The van der Waals surface area contributed by atoms with E-state index < -0.39 is 13.0 Å². The van der Waals surface area contributed by atoms with Crippen molar-refractivity contribution in [1.29, 1.82) is 0 Å². The van der Waals surface area contributed by atoms with E-state index in [2.05, 4.69) is 63.3 Å². The predicted molar refractivity (Wildman–Crippen MR) is 166 cm³/mol. The molecular weight excluding hydrogens is 534 g/mol. The van der Waals surface area contributed by atoms with Gasteiger partial charge in [0.25, 0.3) is 11.2 Å². The molecule has 0 aliphatic rings. The number of hydrogen-bond acceptors (Lipinski definition) is 7. The Morgan fingerprint density at radius 2 is 1.63 bits per heavy atom. The van der Waals surface area contributed by atoms with Gasteiger partial charge in [0, 0.05) is 30.0 Å². The van der Waals surface area contributed by atoms with Crippen LogP contribution in [0.4, 0.5) is 17.3 Å². The van der Waals surface area contributed by atoms with Gasteiger partial charge in [-0.3, -0.25) is 19.5 Å². The Bertz CT molecular complexity index is 1680. The number of aromatic nitrogens is 3. The molecule has 4 aromatic rings. The summed E-state index contributed by atoms with van der Waals surface area (Å²) >= 11 is 0. The summed E-state index contributed by atoms with van der Waals surface area (Å²) in [6, 6.07) is 14.7. The van der Waals surface area contributed by atoms with E-state index in [1.54, 1.807) is 13.3 Å². The second-order valence-corrected chi connectivity index (χ2v) is 16.5. The quantitative estimate of drug-likeness (QED) is 0.105. The van der Waals surface area contributed by atoms with Crippen LogP contribution in [0.2, 0.25) is 16.6 Å². The van der Waals surface area contributed by atoms with Gasteiger partial charge in [0.15, 0.2) is 5.65 Å². The number of ether oxygens (including phenoxy) is 1. The molecule has 0 atom stereocenters. The van der Waals surface area contributed by atoms with Crippen molar-refractivity contribution in [2.45, 2.75) is 58.2 Å². The van der Waals surface area contributed by atoms with Gasteiger partial charge in [0.1, 0.15) is 13.8 Å². The fourth-order valence-electron chi connectivity index (χ4n) is 5.72. The molecule has 2 heterocycles. The van der Waals surface area contributed by atoms with Crippen molar-refractivity contribution in [1.82, 2.24) is 14.5 Å². The van der Waals surface area contributed by atoms with E-state index in [0.29, 0.717) is 50.3 Å². The fourth-order valence-corrected chi connectivity index (χ4v) is 10.9. The highest BCUT2D eigenvalue weighted by Crippen LogP contribution is 2.41. The smallest absolute Gasteiger partial charge is 0.269 e. The molecule has 0 aliphatic carbocycles. The number of nitrogens with zero attached hydrogens (tertiary/aromatic N) is 4. The lowest BCUT2D eigenvalue weighted by Crippen LogP contribution is -2.43. The van der Waals surface area contributed by atoms with Crippen LogP contribution in [-0.2, 0) is 0 Å². The predicted octanol–water partition coefficient (Wildman–Crippen LogP) is 7.01. The molecule has 2 aromatic carbocycles. The lowest BCUT2D eigenvalue weighted by molar-refractivity contribution is -0.384. The summed E-state index contributed by atoms with van der Waals surface area (Å²) in [6.45, 7) is 13.4. The van der Waals surface area contributed by atoms with Crippen molar-refractivity contribution in [3.8, 4) is 22.9 Å². The minimum Gasteiger partial charge on any atom is -0.495 e. The standard InChI is InChI=1S/C31H35N5O4Si/c1-20(2)41(21(3)4,22(5)6)17-16-23-18-29(37)35(24-12-14-25(15-13-24)36(38)39)30-26(23)19-32-31(34-30)33-27-10-8-9-11-28(27)40-7/h8-15,18-22H,1-7H3,(H,32,33,34). The number of methoxy groups -OCH3 is 1. The van der Waals surface area contributed by atoms with E-state index in [9.17, 15) is 14.9 Å². The molecule has 0 fully saturated rings. The van der Waals surface area contributed by atoms with Crippen molar-refractivity contribution >= 4 is 36.4 Å². The Morgan fingerprint density at radius 1 is 1.00 bits per heavy atom. The zero-order valence-corrected chi connectivity index (χ0v) is 25.4. The third kappa shape index (κ3) is 5.72. The average molecular weight is 570 g/mol. The first kappa shape index (κ1) is 29.5. The second kappa shape index (κ2) is 11.9.